The van der Waals surface area contributed by atoms with E-state index < -0.39 is 100 Å². The molecule has 3 heterocycles. The second kappa shape index (κ2) is 14.7. The lowest BCUT2D eigenvalue weighted by Gasteiger charge is -2.38. The molecule has 4 aliphatic rings. The number of Topliss-reactive ketones (excluding diaryl/α,β-unsaturated/α-hetero) is 2. The summed E-state index contributed by atoms with van der Waals surface area (Å²) in [7, 11) is 1.42. The predicted octanol–water partition coefficient (Wildman–Crippen LogP) is 3.63. The standard InChI is InChI=1S/C37H45NO12/c1-16-11-10-12-17(2)36(46)38-23-15-24(40)26-27(32(23)44)31(43)21(6)34-28(26)35(45)37(8,50-34)48-14-13-25(47-9)18(3)33(49-22(7)39)20(5)30(42)19(4)29(16)41/h10-16,18-20,25,29-30,33,41-43H,1-9H3,(H,38,46)/b11-10+,14-13+,17-12+. The zero-order valence-corrected chi connectivity index (χ0v) is 29.6. The lowest BCUT2D eigenvalue weighted by Crippen LogP contribution is -2.46. The maximum Gasteiger partial charge on any atom is 0.312 e. The highest BCUT2D eigenvalue weighted by molar-refractivity contribution is 6.30. The number of rotatable bonds is 2. The molecule has 5 bridgehead atoms. The van der Waals surface area contributed by atoms with Gasteiger partial charge in [-0.1, -0.05) is 45.9 Å². The Bertz CT molecular complexity index is 1720. The van der Waals surface area contributed by atoms with Crippen LogP contribution in [0.5, 0.6) is 11.5 Å². The molecule has 0 fully saturated rings. The van der Waals surface area contributed by atoms with E-state index in [1.54, 1.807) is 39.8 Å². The van der Waals surface area contributed by atoms with Crippen molar-refractivity contribution in [3.05, 3.63) is 70.2 Å². The normalized spacial score (nSPS) is 34.5. The molecule has 270 valence electrons. The molecule has 1 aromatic rings. The minimum absolute atomic E-state index is 0.00885. The highest BCUT2D eigenvalue weighted by Crippen LogP contribution is 2.47. The van der Waals surface area contributed by atoms with E-state index in [9.17, 15) is 39.3 Å². The van der Waals surface area contributed by atoms with Crippen LogP contribution < -0.4 is 10.1 Å². The molecule has 1 aromatic carbocycles. The SMILES string of the molecule is COC1/C=C/OC2(C)Oc3c(C)c(O)c4c(c3C2=O)C(=O)C=C(NC(=O)/C(C)=C/C=C/C(C)C(O)C(C)C(O)C(C)C(OC(C)=O)C1C)C4=O. The summed E-state index contributed by atoms with van der Waals surface area (Å²) in [6.45, 7) is 12.3. The lowest BCUT2D eigenvalue weighted by molar-refractivity contribution is -0.160. The molecule has 13 heteroatoms. The third kappa shape index (κ3) is 7.03. The molecule has 9 atom stereocenters. The maximum absolute atomic E-state index is 13.9. The van der Waals surface area contributed by atoms with Gasteiger partial charge in [-0.3, -0.25) is 24.0 Å². The van der Waals surface area contributed by atoms with Gasteiger partial charge in [-0.2, -0.15) is 0 Å². The number of esters is 1. The van der Waals surface area contributed by atoms with Gasteiger partial charge in [-0.15, -0.1) is 0 Å². The first kappa shape index (κ1) is 38.2. The van der Waals surface area contributed by atoms with Crippen LogP contribution in [0.2, 0.25) is 0 Å². The summed E-state index contributed by atoms with van der Waals surface area (Å²) in [4.78, 5) is 66.2. The molecule has 1 aliphatic carbocycles. The average molecular weight is 696 g/mol. The van der Waals surface area contributed by atoms with E-state index in [1.165, 1.54) is 47.0 Å². The van der Waals surface area contributed by atoms with Crippen LogP contribution in [0.15, 0.2) is 47.9 Å². The summed E-state index contributed by atoms with van der Waals surface area (Å²) in [5, 5.41) is 36.1. The predicted molar refractivity (Wildman–Crippen MR) is 179 cm³/mol. The summed E-state index contributed by atoms with van der Waals surface area (Å²) < 4.78 is 23.1. The van der Waals surface area contributed by atoms with E-state index in [1.807, 2.05) is 0 Å². The molecule has 1 amide bonds. The van der Waals surface area contributed by atoms with Crippen molar-refractivity contribution < 1.29 is 58.2 Å². The van der Waals surface area contributed by atoms with Crippen LogP contribution >= 0.6 is 0 Å². The number of ether oxygens (including phenoxy) is 4. The molecular weight excluding hydrogens is 650 g/mol. The number of aliphatic hydroxyl groups excluding tert-OH is 2. The average Bonchev–Trinajstić information content (AvgIpc) is 3.33. The minimum atomic E-state index is -2.03. The topological polar surface area (TPSA) is 195 Å². The van der Waals surface area contributed by atoms with Crippen molar-refractivity contribution in [2.75, 3.05) is 7.11 Å². The van der Waals surface area contributed by atoms with Gasteiger partial charge in [0.1, 0.15) is 17.6 Å². The molecule has 4 N–H and O–H groups in total. The smallest absolute Gasteiger partial charge is 0.312 e. The summed E-state index contributed by atoms with van der Waals surface area (Å²) in [6.07, 6.45) is 4.31. The summed E-state index contributed by atoms with van der Waals surface area (Å²) in [5.41, 5.74) is -1.31. The van der Waals surface area contributed by atoms with Gasteiger partial charge in [0.2, 0.25) is 5.78 Å². The number of benzene rings is 1. The van der Waals surface area contributed by atoms with Gasteiger partial charge in [0.25, 0.3) is 11.7 Å². The van der Waals surface area contributed by atoms with Gasteiger partial charge in [-0.25, -0.2) is 0 Å². The quantitative estimate of drug-likeness (QED) is 0.329. The van der Waals surface area contributed by atoms with E-state index in [2.05, 4.69) is 5.32 Å². The van der Waals surface area contributed by atoms with Crippen LogP contribution in [-0.4, -0.2) is 81.9 Å². The van der Waals surface area contributed by atoms with Gasteiger partial charge in [0.05, 0.1) is 47.0 Å². The van der Waals surface area contributed by atoms with Crippen LogP contribution in [-0.2, 0) is 23.8 Å². The number of hydrogen-bond donors (Lipinski definition) is 4. The van der Waals surface area contributed by atoms with E-state index in [0.29, 0.717) is 0 Å². The molecule has 0 saturated carbocycles. The van der Waals surface area contributed by atoms with Crippen LogP contribution in [0, 0.1) is 30.6 Å². The number of amides is 1. The highest BCUT2D eigenvalue weighted by Gasteiger charge is 2.51. The van der Waals surface area contributed by atoms with Crippen LogP contribution in [0.4, 0.5) is 0 Å². The Morgan fingerprint density at radius 2 is 1.60 bits per heavy atom. The van der Waals surface area contributed by atoms with E-state index >= 15 is 0 Å². The fraction of sp³-hybridized carbons (Fsp3) is 0.486. The number of allylic oxidation sites excluding steroid dienone is 4. The monoisotopic (exact) mass is 695 g/mol. The first-order valence-electron chi connectivity index (χ1n) is 16.4. The molecule has 0 saturated heterocycles. The van der Waals surface area contributed by atoms with Gasteiger partial charge < -0.3 is 39.6 Å². The Labute approximate surface area is 290 Å². The van der Waals surface area contributed by atoms with Crippen molar-refractivity contribution in [1.82, 2.24) is 5.32 Å². The molecule has 50 heavy (non-hydrogen) atoms. The third-order valence-electron chi connectivity index (χ3n) is 9.80. The number of aliphatic hydroxyl groups is 2. The van der Waals surface area contributed by atoms with Crippen molar-refractivity contribution in [3.8, 4) is 11.5 Å². The van der Waals surface area contributed by atoms with Gasteiger partial charge >= 0.3 is 11.8 Å². The number of carbonyl (C=O) groups excluding carboxylic acids is 5. The van der Waals surface area contributed by atoms with Crippen molar-refractivity contribution in [2.24, 2.45) is 23.7 Å². The van der Waals surface area contributed by atoms with E-state index in [4.69, 9.17) is 18.9 Å². The molecular formula is C37H45NO12. The number of ketones is 3. The Balaban J connectivity index is 1.83. The second-order valence-electron chi connectivity index (χ2n) is 13.4. The Hall–Kier alpha value is -4.59. The van der Waals surface area contributed by atoms with Crippen LogP contribution in [0.25, 0.3) is 0 Å². The first-order valence-corrected chi connectivity index (χ1v) is 16.4. The number of carbonyl (C=O) groups is 5. The van der Waals surface area contributed by atoms with Crippen LogP contribution in [0.1, 0.15) is 85.1 Å². The summed E-state index contributed by atoms with van der Waals surface area (Å²) in [6, 6.07) is 0. The van der Waals surface area contributed by atoms with E-state index in [-0.39, 0.29) is 28.0 Å². The fourth-order valence-electron chi connectivity index (χ4n) is 6.62. The number of phenols is 1. The second-order valence-corrected chi connectivity index (χ2v) is 13.4. The largest absolute Gasteiger partial charge is 0.507 e. The van der Waals surface area contributed by atoms with Crippen molar-refractivity contribution >= 4 is 29.2 Å². The zero-order chi connectivity index (χ0) is 37.4. The molecule has 9 unspecified atom stereocenters. The molecule has 0 spiro atoms. The molecule has 0 aromatic heterocycles. The number of aromatic hydroxyl groups is 1. The number of phenolic OH excluding ortho intramolecular Hbond substituents is 1. The van der Waals surface area contributed by atoms with Gasteiger partial charge in [0.15, 0.2) is 5.78 Å². The number of methoxy groups -OCH3 is 1. The molecule has 3 aliphatic heterocycles. The molecule has 13 nitrogen and oxygen atoms in total. The minimum Gasteiger partial charge on any atom is -0.507 e. The number of fused-ring (bicyclic) bond motifs is 14. The Morgan fingerprint density at radius 1 is 0.940 bits per heavy atom. The van der Waals surface area contributed by atoms with Gasteiger partial charge in [-0.05, 0) is 19.9 Å². The first-order chi connectivity index (χ1) is 23.4. The number of nitrogens with one attached hydrogen (secondary N) is 1. The van der Waals surface area contributed by atoms with Crippen molar-refractivity contribution in [1.29, 1.82) is 0 Å². The molecule has 0 radical (unpaired) electrons. The lowest BCUT2D eigenvalue weighted by atomic mass is 9.78. The molecule has 5 rings (SSSR count). The van der Waals surface area contributed by atoms with Crippen molar-refractivity contribution in [3.63, 3.8) is 0 Å². The number of hydrogen-bond acceptors (Lipinski definition) is 12. The summed E-state index contributed by atoms with van der Waals surface area (Å²) in [5.74, 6) is -8.99. The maximum atomic E-state index is 13.9. The summed E-state index contributed by atoms with van der Waals surface area (Å²) >= 11 is 0. The third-order valence-corrected chi connectivity index (χ3v) is 9.80. The Morgan fingerprint density at radius 3 is 2.22 bits per heavy atom. The highest BCUT2D eigenvalue weighted by atomic mass is 16.7. The zero-order valence-electron chi connectivity index (χ0n) is 29.6. The van der Waals surface area contributed by atoms with Gasteiger partial charge in [0, 0.05) is 61.8 Å². The Kier molecular flexibility index (Phi) is 11.2. The van der Waals surface area contributed by atoms with Crippen LogP contribution in [0.3, 0.4) is 0 Å². The fourth-order valence-corrected chi connectivity index (χ4v) is 6.62. The van der Waals surface area contributed by atoms with Crippen molar-refractivity contribution in [2.45, 2.75) is 85.6 Å². The van der Waals surface area contributed by atoms with E-state index in [0.717, 1.165) is 12.3 Å².